The van der Waals surface area contributed by atoms with Gasteiger partial charge < -0.3 is 0 Å². The zero-order chi connectivity index (χ0) is 20.4. The van der Waals surface area contributed by atoms with Crippen LogP contribution in [0.3, 0.4) is 0 Å². The first-order valence-electron chi connectivity index (χ1n) is 9.37. The standard InChI is InChI=1S/C20H20Cl2N4O2S/c21-15-5-6-18(22)20(11-15)29(27,28)24-13-16-12-19(14-7-9-23-10-8-14)26(25-16)17-3-1-2-4-17/h5-12,17,24H,1-4,13H2. The van der Waals surface area contributed by atoms with Crippen molar-refractivity contribution in [1.29, 1.82) is 0 Å². The maximum Gasteiger partial charge on any atom is 0.242 e. The van der Waals surface area contributed by atoms with Crippen LogP contribution >= 0.6 is 23.2 Å². The van der Waals surface area contributed by atoms with Crippen molar-refractivity contribution in [3.63, 3.8) is 0 Å². The first-order valence-corrected chi connectivity index (χ1v) is 11.6. The number of benzene rings is 1. The van der Waals surface area contributed by atoms with Crippen LogP contribution in [0.25, 0.3) is 11.3 Å². The van der Waals surface area contributed by atoms with Gasteiger partial charge in [-0.15, -0.1) is 0 Å². The molecule has 29 heavy (non-hydrogen) atoms. The number of hydrogen-bond donors (Lipinski definition) is 1. The molecule has 1 saturated carbocycles. The minimum atomic E-state index is -3.82. The fraction of sp³-hybridized carbons (Fsp3) is 0.300. The van der Waals surface area contributed by atoms with Crippen molar-refractivity contribution in [3.05, 3.63) is 64.5 Å². The molecule has 0 spiro atoms. The highest BCUT2D eigenvalue weighted by Crippen LogP contribution is 2.33. The quantitative estimate of drug-likeness (QED) is 0.582. The molecular weight excluding hydrogens is 431 g/mol. The van der Waals surface area contributed by atoms with Gasteiger partial charge in [-0.1, -0.05) is 36.0 Å². The van der Waals surface area contributed by atoms with Crippen LogP contribution in [0, 0.1) is 0 Å². The van der Waals surface area contributed by atoms with Crippen molar-refractivity contribution < 1.29 is 8.42 Å². The summed E-state index contributed by atoms with van der Waals surface area (Å²) < 4.78 is 30.0. The maximum atomic E-state index is 12.7. The van der Waals surface area contributed by atoms with E-state index in [1.165, 1.54) is 25.0 Å². The Morgan fingerprint density at radius 2 is 1.79 bits per heavy atom. The average Bonchev–Trinajstić information content (AvgIpc) is 3.38. The van der Waals surface area contributed by atoms with E-state index in [-0.39, 0.29) is 16.5 Å². The molecule has 2 heterocycles. The van der Waals surface area contributed by atoms with E-state index in [9.17, 15) is 8.42 Å². The molecule has 1 fully saturated rings. The first-order chi connectivity index (χ1) is 13.9. The third kappa shape index (κ3) is 4.48. The Labute approximate surface area is 179 Å². The van der Waals surface area contributed by atoms with E-state index in [4.69, 9.17) is 28.3 Å². The van der Waals surface area contributed by atoms with Gasteiger partial charge in [0.1, 0.15) is 4.90 Å². The Morgan fingerprint density at radius 3 is 2.52 bits per heavy atom. The van der Waals surface area contributed by atoms with E-state index in [2.05, 4.69) is 9.71 Å². The minimum absolute atomic E-state index is 0.0451. The van der Waals surface area contributed by atoms with Gasteiger partial charge in [-0.25, -0.2) is 13.1 Å². The number of nitrogens with one attached hydrogen (secondary N) is 1. The zero-order valence-electron chi connectivity index (χ0n) is 15.6. The number of aromatic nitrogens is 3. The Balaban J connectivity index is 1.61. The molecule has 0 aliphatic heterocycles. The van der Waals surface area contributed by atoms with E-state index in [0.717, 1.165) is 24.1 Å². The van der Waals surface area contributed by atoms with Crippen LogP contribution < -0.4 is 4.72 Å². The van der Waals surface area contributed by atoms with Gasteiger partial charge in [0, 0.05) is 23.0 Å². The second-order valence-electron chi connectivity index (χ2n) is 7.04. The molecule has 0 atom stereocenters. The maximum absolute atomic E-state index is 12.7. The third-order valence-corrected chi connectivity index (χ3v) is 7.18. The Kier molecular flexibility index (Phi) is 5.92. The van der Waals surface area contributed by atoms with Crippen molar-refractivity contribution in [3.8, 4) is 11.3 Å². The number of nitrogens with zero attached hydrogens (tertiary/aromatic N) is 3. The number of rotatable bonds is 6. The Morgan fingerprint density at radius 1 is 1.07 bits per heavy atom. The lowest BCUT2D eigenvalue weighted by Crippen LogP contribution is -2.24. The molecule has 0 unspecified atom stereocenters. The summed E-state index contributed by atoms with van der Waals surface area (Å²) in [5, 5.41) is 5.14. The van der Waals surface area contributed by atoms with Crippen molar-refractivity contribution in [2.45, 2.75) is 43.2 Å². The molecular formula is C20H20Cl2N4O2S. The van der Waals surface area contributed by atoms with Crippen LogP contribution in [-0.4, -0.2) is 23.2 Å². The molecule has 0 bridgehead atoms. The molecule has 9 heteroatoms. The van der Waals surface area contributed by atoms with Crippen LogP contribution in [0.15, 0.2) is 53.7 Å². The van der Waals surface area contributed by atoms with Crippen molar-refractivity contribution in [1.82, 2.24) is 19.5 Å². The molecule has 1 aliphatic rings. The summed E-state index contributed by atoms with van der Waals surface area (Å²) in [4.78, 5) is 4.03. The van der Waals surface area contributed by atoms with Gasteiger partial charge >= 0.3 is 0 Å². The minimum Gasteiger partial charge on any atom is -0.265 e. The molecule has 3 aromatic rings. The van der Waals surface area contributed by atoms with E-state index in [0.29, 0.717) is 16.8 Å². The van der Waals surface area contributed by atoms with Gasteiger partial charge in [0.05, 0.1) is 29.0 Å². The smallest absolute Gasteiger partial charge is 0.242 e. The fourth-order valence-electron chi connectivity index (χ4n) is 3.63. The second-order valence-corrected chi connectivity index (χ2v) is 9.62. The van der Waals surface area contributed by atoms with Crippen molar-refractivity contribution in [2.75, 3.05) is 0 Å². The lowest BCUT2D eigenvalue weighted by molar-refractivity contribution is 0.467. The molecule has 1 aliphatic carbocycles. The average molecular weight is 451 g/mol. The van der Waals surface area contributed by atoms with Gasteiger partial charge in [-0.2, -0.15) is 5.10 Å². The molecule has 2 aromatic heterocycles. The monoisotopic (exact) mass is 450 g/mol. The van der Waals surface area contributed by atoms with Crippen molar-refractivity contribution >= 4 is 33.2 Å². The third-order valence-electron chi connectivity index (χ3n) is 5.06. The highest BCUT2D eigenvalue weighted by molar-refractivity contribution is 7.89. The zero-order valence-corrected chi connectivity index (χ0v) is 17.9. The fourth-order valence-corrected chi connectivity index (χ4v) is 5.39. The highest BCUT2D eigenvalue weighted by atomic mass is 35.5. The van der Waals surface area contributed by atoms with Gasteiger partial charge in [-0.3, -0.25) is 9.67 Å². The summed E-state index contributed by atoms with van der Waals surface area (Å²) in [7, 11) is -3.82. The van der Waals surface area contributed by atoms with Gasteiger partial charge in [0.2, 0.25) is 10.0 Å². The summed E-state index contributed by atoms with van der Waals surface area (Å²) >= 11 is 12.0. The molecule has 6 nitrogen and oxygen atoms in total. The lowest BCUT2D eigenvalue weighted by Gasteiger charge is -2.14. The molecule has 152 valence electrons. The summed E-state index contributed by atoms with van der Waals surface area (Å²) in [5.41, 5.74) is 2.62. The van der Waals surface area contributed by atoms with Crippen LogP contribution in [0.4, 0.5) is 0 Å². The van der Waals surface area contributed by atoms with E-state index in [1.807, 2.05) is 22.9 Å². The Hall–Kier alpha value is -1.93. The molecule has 4 rings (SSSR count). The predicted octanol–water partition coefficient (Wildman–Crippen LogP) is 4.85. The number of sulfonamides is 1. The lowest BCUT2D eigenvalue weighted by atomic mass is 10.1. The number of pyridine rings is 1. The highest BCUT2D eigenvalue weighted by Gasteiger charge is 2.23. The molecule has 1 N–H and O–H groups in total. The predicted molar refractivity (Wildman–Crippen MR) is 113 cm³/mol. The molecule has 0 radical (unpaired) electrons. The summed E-state index contributed by atoms with van der Waals surface area (Å²) in [6.45, 7) is 0.0585. The van der Waals surface area contributed by atoms with E-state index in [1.54, 1.807) is 18.5 Å². The first kappa shape index (κ1) is 20.3. The summed E-state index contributed by atoms with van der Waals surface area (Å²) in [6, 6.07) is 10.5. The van der Waals surface area contributed by atoms with Crippen LogP contribution in [-0.2, 0) is 16.6 Å². The second kappa shape index (κ2) is 8.44. The topological polar surface area (TPSA) is 76.9 Å². The largest absolute Gasteiger partial charge is 0.265 e. The Bertz CT molecular complexity index is 1110. The van der Waals surface area contributed by atoms with Gasteiger partial charge in [0.25, 0.3) is 0 Å². The van der Waals surface area contributed by atoms with Gasteiger partial charge in [-0.05, 0) is 49.2 Å². The normalized spacial score (nSPS) is 15.1. The molecule has 0 saturated heterocycles. The number of halogens is 2. The van der Waals surface area contributed by atoms with E-state index < -0.39 is 10.0 Å². The van der Waals surface area contributed by atoms with E-state index >= 15 is 0 Å². The molecule has 1 aromatic carbocycles. The van der Waals surface area contributed by atoms with Crippen LogP contribution in [0.2, 0.25) is 10.0 Å². The SMILES string of the molecule is O=S(=O)(NCc1cc(-c2ccncc2)n(C2CCCC2)n1)c1cc(Cl)ccc1Cl. The van der Waals surface area contributed by atoms with Gasteiger partial charge in [0.15, 0.2) is 0 Å². The van der Waals surface area contributed by atoms with Crippen molar-refractivity contribution in [2.24, 2.45) is 0 Å². The van der Waals surface area contributed by atoms with Crippen LogP contribution in [0.1, 0.15) is 37.4 Å². The summed E-state index contributed by atoms with van der Waals surface area (Å²) in [6.07, 6.45) is 7.98. The molecule has 0 amide bonds. The summed E-state index contributed by atoms with van der Waals surface area (Å²) in [5.74, 6) is 0. The number of hydrogen-bond acceptors (Lipinski definition) is 4. The van der Waals surface area contributed by atoms with Crippen LogP contribution in [0.5, 0.6) is 0 Å².